The number of guanidine groups is 1. The summed E-state index contributed by atoms with van der Waals surface area (Å²) in [5, 5.41) is 20.0. The number of carbonyl (C=O) groups is 2. The second-order valence-electron chi connectivity index (χ2n) is 10.2. The summed E-state index contributed by atoms with van der Waals surface area (Å²) < 4.78 is 33.0. The number of nitrogens with one attached hydrogen (secondary N) is 2. The number of sulfonamides is 1. The lowest BCUT2D eigenvalue weighted by Crippen LogP contribution is -2.44. The van der Waals surface area contributed by atoms with Gasteiger partial charge in [0.25, 0.3) is 10.0 Å². The van der Waals surface area contributed by atoms with Gasteiger partial charge in [0.2, 0.25) is 5.96 Å². The third kappa shape index (κ3) is 6.19. The highest BCUT2D eigenvalue weighted by Gasteiger charge is 2.31. The summed E-state index contributed by atoms with van der Waals surface area (Å²) >= 11 is 0. The third-order valence-electron chi connectivity index (χ3n) is 7.21. The quantitative estimate of drug-likeness (QED) is 0.206. The molecule has 0 spiro atoms. The molecular weight excluding hydrogens is 544 g/mol. The number of carboxylic acid groups (broad SMARTS) is 1. The van der Waals surface area contributed by atoms with Crippen LogP contribution in [-0.2, 0) is 19.6 Å². The Bertz CT molecular complexity index is 1540. The number of nitrogens with zero attached hydrogens (tertiary/aromatic N) is 1. The van der Waals surface area contributed by atoms with Gasteiger partial charge < -0.3 is 20.9 Å². The van der Waals surface area contributed by atoms with Gasteiger partial charge in [-0.1, -0.05) is 66.2 Å². The van der Waals surface area contributed by atoms with Gasteiger partial charge in [0.15, 0.2) is 0 Å². The van der Waals surface area contributed by atoms with Crippen LogP contribution in [0.5, 0.6) is 0 Å². The first-order chi connectivity index (χ1) is 19.4. The lowest BCUT2D eigenvalue weighted by atomic mass is 9.98. The van der Waals surface area contributed by atoms with Crippen molar-refractivity contribution in [1.82, 2.24) is 9.62 Å². The van der Waals surface area contributed by atoms with Crippen LogP contribution in [0.25, 0.3) is 11.1 Å². The van der Waals surface area contributed by atoms with E-state index in [-0.39, 0.29) is 36.8 Å². The number of ether oxygens (including phenoxy) is 1. The van der Waals surface area contributed by atoms with E-state index in [0.717, 1.165) is 32.1 Å². The van der Waals surface area contributed by atoms with Gasteiger partial charge in [-0.25, -0.2) is 22.3 Å². The minimum atomic E-state index is -4.16. The molecule has 5 N–H and O–H groups in total. The molecule has 10 nitrogen and oxygen atoms in total. The summed E-state index contributed by atoms with van der Waals surface area (Å²) in [6.07, 6.45) is -0.977. The molecule has 0 aromatic heterocycles. The number of aryl methyl sites for hydroxylation is 3. The predicted molar refractivity (Wildman–Crippen MR) is 155 cm³/mol. The zero-order chi connectivity index (χ0) is 29.9. The van der Waals surface area contributed by atoms with Gasteiger partial charge in [0.1, 0.15) is 12.6 Å². The Labute approximate surface area is 239 Å². The number of fused-ring (bicyclic) bond motifs is 3. The van der Waals surface area contributed by atoms with Gasteiger partial charge in [-0.15, -0.1) is 0 Å². The van der Waals surface area contributed by atoms with Crippen molar-refractivity contribution in [1.29, 1.82) is 5.41 Å². The van der Waals surface area contributed by atoms with Gasteiger partial charge in [-0.2, -0.15) is 0 Å². The minimum Gasteiger partial charge on any atom is -0.480 e. The maximum Gasteiger partial charge on any atom is 0.407 e. The normalized spacial score (nSPS) is 13.1. The second-order valence-corrected chi connectivity index (χ2v) is 12.0. The van der Waals surface area contributed by atoms with Crippen LogP contribution in [0.3, 0.4) is 0 Å². The molecule has 4 rings (SSSR count). The van der Waals surface area contributed by atoms with E-state index < -0.39 is 34.1 Å². The molecule has 11 heteroatoms. The standard InChI is InChI=1S/C30H34N4O6S/c1-18-15-19(2)27(20(3)16-18)41(38,39)34(29(31)32)14-8-13-26(28(35)36)33-30(37)40-17-25-23-11-6-4-9-21(23)22-10-5-7-12-24(22)25/h4-7,9-12,15-16,25-26H,8,13-14,17H2,1-3H3,(H3,31,32)(H,33,37)(H,35,36). The largest absolute Gasteiger partial charge is 0.480 e. The first kappa shape index (κ1) is 29.6. The van der Waals surface area contributed by atoms with E-state index in [4.69, 9.17) is 15.9 Å². The minimum absolute atomic E-state index is 0.0173. The van der Waals surface area contributed by atoms with Crippen molar-refractivity contribution < 1.29 is 27.9 Å². The van der Waals surface area contributed by atoms with Crippen LogP contribution in [0.4, 0.5) is 4.79 Å². The van der Waals surface area contributed by atoms with Crippen LogP contribution in [-0.4, -0.2) is 55.0 Å². The lowest BCUT2D eigenvalue weighted by Gasteiger charge is -2.25. The summed E-state index contributed by atoms with van der Waals surface area (Å²) in [6.45, 7) is 4.99. The zero-order valence-electron chi connectivity index (χ0n) is 23.2. The third-order valence-corrected chi connectivity index (χ3v) is 9.33. The van der Waals surface area contributed by atoms with Crippen molar-refractivity contribution in [2.24, 2.45) is 5.73 Å². The second kappa shape index (κ2) is 12.0. The van der Waals surface area contributed by atoms with Crippen LogP contribution >= 0.6 is 0 Å². The Morgan fingerprint density at radius 3 is 2.07 bits per heavy atom. The Morgan fingerprint density at radius 1 is 1.02 bits per heavy atom. The van der Waals surface area contributed by atoms with Crippen molar-refractivity contribution in [3.8, 4) is 11.1 Å². The Kier molecular flexibility index (Phi) is 8.67. The number of nitrogens with two attached hydrogens (primary N) is 1. The molecule has 1 amide bonds. The fourth-order valence-electron chi connectivity index (χ4n) is 5.53. The van der Waals surface area contributed by atoms with Crippen molar-refractivity contribution >= 4 is 28.0 Å². The summed E-state index contributed by atoms with van der Waals surface area (Å²) in [5.41, 5.74) is 11.8. The van der Waals surface area contributed by atoms with E-state index in [1.54, 1.807) is 26.0 Å². The van der Waals surface area contributed by atoms with E-state index in [0.29, 0.717) is 11.1 Å². The molecule has 0 bridgehead atoms. The van der Waals surface area contributed by atoms with Gasteiger partial charge >= 0.3 is 12.1 Å². The molecule has 1 unspecified atom stereocenters. The van der Waals surface area contributed by atoms with E-state index in [1.807, 2.05) is 55.5 Å². The van der Waals surface area contributed by atoms with Crippen molar-refractivity contribution in [3.63, 3.8) is 0 Å². The summed E-state index contributed by atoms with van der Waals surface area (Å²) in [5.74, 6) is -2.15. The Morgan fingerprint density at radius 2 is 1.56 bits per heavy atom. The highest BCUT2D eigenvalue weighted by Crippen LogP contribution is 2.44. The smallest absolute Gasteiger partial charge is 0.407 e. The summed E-state index contributed by atoms with van der Waals surface area (Å²) in [6, 6.07) is 17.9. The number of carboxylic acids is 1. The maximum atomic E-state index is 13.4. The van der Waals surface area contributed by atoms with Crippen LogP contribution in [0, 0.1) is 26.2 Å². The lowest BCUT2D eigenvalue weighted by molar-refractivity contribution is -0.139. The summed E-state index contributed by atoms with van der Waals surface area (Å²) in [4.78, 5) is 24.6. The molecule has 0 aliphatic heterocycles. The van der Waals surface area contributed by atoms with Gasteiger partial charge in [0.05, 0.1) is 4.90 Å². The maximum absolute atomic E-state index is 13.4. The van der Waals surface area contributed by atoms with E-state index in [9.17, 15) is 23.1 Å². The van der Waals surface area contributed by atoms with E-state index in [2.05, 4.69) is 5.32 Å². The molecule has 0 radical (unpaired) electrons. The predicted octanol–water partition coefficient (Wildman–Crippen LogP) is 4.27. The SMILES string of the molecule is Cc1cc(C)c(S(=O)(=O)N(CCCC(NC(=O)OCC2c3ccccc3-c3ccccc32)C(=O)O)C(=N)N)c(C)c1. The first-order valence-electron chi connectivity index (χ1n) is 13.2. The number of rotatable bonds is 10. The fraction of sp³-hybridized carbons (Fsp3) is 0.300. The number of hydrogen-bond donors (Lipinski definition) is 4. The Balaban J connectivity index is 1.39. The van der Waals surface area contributed by atoms with Crippen LogP contribution < -0.4 is 11.1 Å². The molecule has 0 saturated heterocycles. The van der Waals surface area contributed by atoms with Crippen LogP contribution in [0.15, 0.2) is 65.6 Å². The van der Waals surface area contributed by atoms with Gasteiger partial charge in [-0.3, -0.25) is 5.41 Å². The molecule has 1 aliphatic carbocycles. The van der Waals surface area contributed by atoms with Crippen molar-refractivity contribution in [2.75, 3.05) is 13.2 Å². The van der Waals surface area contributed by atoms with Gasteiger partial charge in [-0.05, 0) is 67.0 Å². The monoisotopic (exact) mass is 578 g/mol. The van der Waals surface area contributed by atoms with Crippen molar-refractivity contribution in [2.45, 2.75) is 50.5 Å². The number of carbonyl (C=O) groups excluding carboxylic acids is 1. The average molecular weight is 579 g/mol. The molecule has 3 aromatic carbocycles. The highest BCUT2D eigenvalue weighted by atomic mass is 32.2. The van der Waals surface area contributed by atoms with E-state index >= 15 is 0 Å². The molecule has 1 atom stereocenters. The zero-order valence-corrected chi connectivity index (χ0v) is 24.0. The van der Waals surface area contributed by atoms with Crippen LogP contribution in [0.1, 0.15) is 46.6 Å². The number of benzene rings is 3. The molecule has 3 aromatic rings. The molecule has 1 aliphatic rings. The topological polar surface area (TPSA) is 163 Å². The molecule has 0 fully saturated rings. The highest BCUT2D eigenvalue weighted by molar-refractivity contribution is 7.89. The molecule has 0 saturated carbocycles. The number of hydrogen-bond acceptors (Lipinski definition) is 6. The molecule has 216 valence electrons. The average Bonchev–Trinajstić information content (AvgIpc) is 3.21. The molecular formula is C30H34N4O6S. The van der Waals surface area contributed by atoms with Crippen LogP contribution in [0.2, 0.25) is 0 Å². The fourth-order valence-corrected chi connectivity index (χ4v) is 7.31. The number of alkyl carbamates (subject to hydrolysis) is 1. The van der Waals surface area contributed by atoms with Gasteiger partial charge in [0, 0.05) is 12.5 Å². The number of amides is 1. The van der Waals surface area contributed by atoms with E-state index in [1.165, 1.54) is 0 Å². The number of aliphatic carboxylic acids is 1. The van der Waals surface area contributed by atoms with Crippen molar-refractivity contribution in [3.05, 3.63) is 88.5 Å². The first-order valence-corrected chi connectivity index (χ1v) is 14.6. The molecule has 0 heterocycles. The molecule has 41 heavy (non-hydrogen) atoms. The summed E-state index contributed by atoms with van der Waals surface area (Å²) in [7, 11) is -4.16. The Hall–Kier alpha value is -4.38.